The molecule has 0 aliphatic heterocycles. The second kappa shape index (κ2) is 11.8. The molecule has 2 aromatic rings. The molecule has 9 heteroatoms. The van der Waals surface area contributed by atoms with Crippen LogP contribution < -0.4 is 21.1 Å². The van der Waals surface area contributed by atoms with Gasteiger partial charge < -0.3 is 21.1 Å². The molecule has 34 heavy (non-hydrogen) atoms. The molecule has 0 aromatic heterocycles. The van der Waals surface area contributed by atoms with E-state index in [1.165, 1.54) is 30.7 Å². The van der Waals surface area contributed by atoms with Crippen molar-refractivity contribution in [2.24, 2.45) is 11.7 Å². The number of ether oxygens (including phenoxy) is 1. The lowest BCUT2D eigenvalue weighted by molar-refractivity contribution is -0.274. The third-order valence-corrected chi connectivity index (χ3v) is 6.05. The van der Waals surface area contributed by atoms with E-state index in [0.29, 0.717) is 42.2 Å². The lowest BCUT2D eigenvalue weighted by Gasteiger charge is -2.27. The molecule has 1 aliphatic carbocycles. The molecule has 184 valence electrons. The van der Waals surface area contributed by atoms with Crippen molar-refractivity contribution in [1.82, 2.24) is 5.32 Å². The number of benzene rings is 2. The summed E-state index contributed by atoms with van der Waals surface area (Å²) in [4.78, 5) is 25.1. The highest BCUT2D eigenvalue weighted by molar-refractivity contribution is 5.97. The maximum Gasteiger partial charge on any atom is 0.573 e. The number of alkyl halides is 3. The molecule has 4 N–H and O–H groups in total. The Morgan fingerprint density at radius 1 is 1.00 bits per heavy atom. The number of primary amides is 1. The number of amides is 2. The van der Waals surface area contributed by atoms with Crippen molar-refractivity contribution < 1.29 is 27.5 Å². The fraction of sp³-hybridized carbons (Fsp3) is 0.440. The van der Waals surface area contributed by atoms with Crippen molar-refractivity contribution in [2.75, 3.05) is 18.4 Å². The van der Waals surface area contributed by atoms with Gasteiger partial charge in [-0.05, 0) is 48.2 Å². The summed E-state index contributed by atoms with van der Waals surface area (Å²) in [6.07, 6.45) is 1.56. The van der Waals surface area contributed by atoms with Crippen LogP contribution in [0.4, 0.5) is 18.9 Å². The first-order valence-corrected chi connectivity index (χ1v) is 11.5. The zero-order valence-electron chi connectivity index (χ0n) is 18.9. The van der Waals surface area contributed by atoms with Crippen LogP contribution in [0.3, 0.4) is 0 Å². The minimum atomic E-state index is -4.74. The van der Waals surface area contributed by atoms with E-state index in [1.807, 2.05) is 0 Å². The van der Waals surface area contributed by atoms with Gasteiger partial charge in [-0.2, -0.15) is 0 Å². The predicted molar refractivity (Wildman–Crippen MR) is 124 cm³/mol. The van der Waals surface area contributed by atoms with Crippen LogP contribution in [0.15, 0.2) is 48.5 Å². The van der Waals surface area contributed by atoms with Gasteiger partial charge in [-0.3, -0.25) is 9.59 Å². The Balaban J connectivity index is 1.59. The first-order valence-electron chi connectivity index (χ1n) is 11.5. The molecule has 3 rings (SSSR count). The summed E-state index contributed by atoms with van der Waals surface area (Å²) in [5.41, 5.74) is 7.17. The van der Waals surface area contributed by atoms with Gasteiger partial charge in [0.15, 0.2) is 0 Å². The number of nitrogens with two attached hydrogens (primary N) is 1. The highest BCUT2D eigenvalue weighted by Gasteiger charge is 2.31. The van der Waals surface area contributed by atoms with Crippen molar-refractivity contribution in [3.63, 3.8) is 0 Å². The SMILES string of the molecule is NC(=O)c1ccccc1[C@H](CC1CCCCC1)C(=O)NCCNc1ccc(OC(F)(F)F)cc1. The summed E-state index contributed by atoms with van der Waals surface area (Å²) in [7, 11) is 0. The Bertz CT molecular complexity index is 958. The minimum absolute atomic E-state index is 0.171. The summed E-state index contributed by atoms with van der Waals surface area (Å²) < 4.78 is 40.7. The third-order valence-electron chi connectivity index (χ3n) is 6.05. The highest BCUT2D eigenvalue weighted by Crippen LogP contribution is 2.34. The second-order valence-electron chi connectivity index (χ2n) is 8.53. The molecule has 2 aromatic carbocycles. The van der Waals surface area contributed by atoms with Crippen molar-refractivity contribution in [2.45, 2.75) is 50.8 Å². The van der Waals surface area contributed by atoms with Crippen LogP contribution in [0.25, 0.3) is 0 Å². The molecular formula is C25H30F3N3O3. The number of anilines is 1. The van der Waals surface area contributed by atoms with Gasteiger partial charge in [0.25, 0.3) is 0 Å². The summed E-state index contributed by atoms with van der Waals surface area (Å²) in [6.45, 7) is 0.679. The van der Waals surface area contributed by atoms with Gasteiger partial charge in [0.05, 0.1) is 5.92 Å². The first-order chi connectivity index (χ1) is 16.2. The molecule has 1 fully saturated rings. The van der Waals surface area contributed by atoms with Crippen molar-refractivity contribution in [3.8, 4) is 5.75 Å². The van der Waals surface area contributed by atoms with Crippen LogP contribution in [0.5, 0.6) is 5.75 Å². The molecule has 1 aliphatic rings. The van der Waals surface area contributed by atoms with E-state index in [1.54, 1.807) is 24.3 Å². The Kier molecular flexibility index (Phi) is 8.79. The normalized spacial score (nSPS) is 15.4. The maximum absolute atomic E-state index is 13.2. The van der Waals surface area contributed by atoms with Crippen LogP contribution in [0, 0.1) is 5.92 Å². The van der Waals surface area contributed by atoms with Crippen LogP contribution in [0.1, 0.15) is 60.4 Å². The average molecular weight is 478 g/mol. The van der Waals surface area contributed by atoms with Gasteiger partial charge >= 0.3 is 6.36 Å². The Hall–Kier alpha value is -3.23. The molecular weight excluding hydrogens is 447 g/mol. The number of hydrogen-bond acceptors (Lipinski definition) is 4. The zero-order valence-corrected chi connectivity index (χ0v) is 18.9. The molecule has 0 spiro atoms. The maximum atomic E-state index is 13.2. The smallest absolute Gasteiger partial charge is 0.406 e. The van der Waals surface area contributed by atoms with E-state index < -0.39 is 18.2 Å². The van der Waals surface area contributed by atoms with Crippen LogP contribution >= 0.6 is 0 Å². The highest BCUT2D eigenvalue weighted by atomic mass is 19.4. The fourth-order valence-electron chi connectivity index (χ4n) is 4.45. The van der Waals surface area contributed by atoms with E-state index >= 15 is 0 Å². The monoisotopic (exact) mass is 477 g/mol. The van der Waals surface area contributed by atoms with Gasteiger partial charge in [-0.15, -0.1) is 13.2 Å². The fourth-order valence-corrected chi connectivity index (χ4v) is 4.45. The minimum Gasteiger partial charge on any atom is -0.406 e. The van der Waals surface area contributed by atoms with Gasteiger partial charge in [-0.1, -0.05) is 50.3 Å². The van der Waals surface area contributed by atoms with Gasteiger partial charge in [0.1, 0.15) is 5.75 Å². The van der Waals surface area contributed by atoms with Crippen molar-refractivity contribution in [1.29, 1.82) is 0 Å². The second-order valence-corrected chi connectivity index (χ2v) is 8.53. The number of rotatable bonds is 10. The van der Waals surface area contributed by atoms with Gasteiger partial charge in [-0.25, -0.2) is 0 Å². The van der Waals surface area contributed by atoms with Crippen LogP contribution in [-0.2, 0) is 4.79 Å². The average Bonchev–Trinajstić information content (AvgIpc) is 2.81. The topological polar surface area (TPSA) is 93.5 Å². The number of carbonyl (C=O) groups excluding carboxylic acids is 2. The standard InChI is InChI=1S/C25H30F3N3O3/c26-25(27,28)34-19-12-10-18(11-13-19)30-14-15-31-24(33)22(16-17-6-2-1-3-7-17)20-8-4-5-9-21(20)23(29)32/h4-5,8-13,17,22,30H,1-3,6-7,14-16H2,(H2,29,32)(H,31,33)/t22-/m0/s1. The molecule has 0 saturated heterocycles. The third kappa shape index (κ3) is 7.67. The van der Waals surface area contributed by atoms with Crippen LogP contribution in [0.2, 0.25) is 0 Å². The summed E-state index contributed by atoms with van der Waals surface area (Å²) in [5, 5.41) is 5.98. The zero-order chi connectivity index (χ0) is 24.6. The predicted octanol–water partition coefficient (Wildman–Crippen LogP) is 4.97. The van der Waals surface area contributed by atoms with Crippen molar-refractivity contribution in [3.05, 3.63) is 59.7 Å². The molecule has 2 amide bonds. The molecule has 0 unspecified atom stereocenters. The van der Waals surface area contributed by atoms with Crippen molar-refractivity contribution >= 4 is 17.5 Å². The summed E-state index contributed by atoms with van der Waals surface area (Å²) in [5.74, 6) is -1.09. The van der Waals surface area contributed by atoms with Gasteiger partial charge in [0, 0.05) is 24.3 Å². The Morgan fingerprint density at radius 2 is 1.68 bits per heavy atom. The van der Waals surface area contributed by atoms with E-state index in [2.05, 4.69) is 15.4 Å². The van der Waals surface area contributed by atoms with E-state index in [-0.39, 0.29) is 11.7 Å². The largest absolute Gasteiger partial charge is 0.573 e. The van der Waals surface area contributed by atoms with Gasteiger partial charge in [0.2, 0.25) is 11.8 Å². The van der Waals surface area contributed by atoms with E-state index in [0.717, 1.165) is 25.7 Å². The Labute approximate surface area is 197 Å². The van der Waals surface area contributed by atoms with E-state index in [9.17, 15) is 22.8 Å². The molecule has 6 nitrogen and oxygen atoms in total. The molecule has 0 bridgehead atoms. The quantitative estimate of drug-likeness (QED) is 0.422. The number of nitrogens with one attached hydrogen (secondary N) is 2. The summed E-state index contributed by atoms with van der Waals surface area (Å²) in [6, 6.07) is 12.3. The molecule has 0 radical (unpaired) electrons. The summed E-state index contributed by atoms with van der Waals surface area (Å²) >= 11 is 0. The molecule has 1 saturated carbocycles. The lowest BCUT2D eigenvalue weighted by atomic mass is 9.79. The number of hydrogen-bond donors (Lipinski definition) is 3. The first kappa shape index (κ1) is 25.4. The number of halogens is 3. The Morgan fingerprint density at radius 3 is 2.32 bits per heavy atom. The lowest BCUT2D eigenvalue weighted by Crippen LogP contribution is -2.35. The van der Waals surface area contributed by atoms with E-state index in [4.69, 9.17) is 5.73 Å². The van der Waals surface area contributed by atoms with Crippen LogP contribution in [-0.4, -0.2) is 31.3 Å². The number of carbonyl (C=O) groups is 2. The molecule has 1 atom stereocenters. The molecule has 0 heterocycles.